The first-order chi connectivity index (χ1) is 15.2. The van der Waals surface area contributed by atoms with Gasteiger partial charge in [-0.1, -0.05) is 0 Å². The minimum atomic E-state index is -4.57. The van der Waals surface area contributed by atoms with Crippen LogP contribution in [0.25, 0.3) is 10.2 Å². The van der Waals surface area contributed by atoms with Crippen LogP contribution in [0.5, 0.6) is 0 Å². The van der Waals surface area contributed by atoms with Crippen LogP contribution in [0.3, 0.4) is 0 Å². The lowest BCUT2D eigenvalue weighted by molar-refractivity contribution is -0.136. The van der Waals surface area contributed by atoms with Gasteiger partial charge in [0.25, 0.3) is 5.91 Å². The predicted octanol–water partition coefficient (Wildman–Crippen LogP) is 3.30. The third-order valence-corrected chi connectivity index (χ3v) is 7.36. The Morgan fingerprint density at radius 3 is 2.62 bits per heavy atom. The van der Waals surface area contributed by atoms with Gasteiger partial charge in [0.1, 0.15) is 12.0 Å². The average molecular weight is 475 g/mol. The van der Waals surface area contributed by atoms with Crippen molar-refractivity contribution in [2.75, 3.05) is 44.7 Å². The molecule has 0 saturated carbocycles. The number of aliphatic hydroxyl groups excluding tert-OH is 1. The third kappa shape index (κ3) is 4.69. The topological polar surface area (TPSA) is 68.7 Å². The molecule has 0 aromatic carbocycles. The van der Waals surface area contributed by atoms with Crippen LogP contribution >= 0.6 is 11.3 Å². The molecule has 4 heterocycles. The molecule has 2 unspecified atom stereocenters. The first-order valence-electron chi connectivity index (χ1n) is 10.7. The number of aliphatic hydroxyl groups is 1. The maximum Gasteiger partial charge on any atom is 0.417 e. The van der Waals surface area contributed by atoms with E-state index in [1.807, 2.05) is 4.90 Å². The molecule has 32 heavy (non-hydrogen) atoms. The quantitative estimate of drug-likeness (QED) is 0.651. The Morgan fingerprint density at radius 2 is 2.03 bits per heavy atom. The number of piperidine rings is 1. The molecule has 6 nitrogen and oxygen atoms in total. The van der Waals surface area contributed by atoms with Gasteiger partial charge in [-0.25, -0.2) is 9.37 Å². The van der Waals surface area contributed by atoms with E-state index in [1.54, 1.807) is 4.90 Å². The van der Waals surface area contributed by atoms with Crippen LogP contribution < -0.4 is 10.2 Å². The second kappa shape index (κ2) is 9.11. The Labute approximate surface area is 187 Å². The molecule has 11 heteroatoms. The van der Waals surface area contributed by atoms with Gasteiger partial charge in [-0.3, -0.25) is 9.69 Å². The number of β-amino-alcohol motifs (C(OH)–C–C–N with tert-alkyl or cyclic N) is 1. The zero-order valence-electron chi connectivity index (χ0n) is 17.7. The third-order valence-electron chi connectivity index (χ3n) is 6.35. The van der Waals surface area contributed by atoms with Crippen LogP contribution in [-0.2, 0) is 6.18 Å². The Balaban J connectivity index is 1.52. The molecule has 0 aliphatic carbocycles. The lowest BCUT2D eigenvalue weighted by atomic mass is 9.91. The molecule has 2 fully saturated rings. The molecule has 2 aliphatic rings. The number of pyridine rings is 1. The molecule has 1 amide bonds. The van der Waals surface area contributed by atoms with Crippen LogP contribution in [0.15, 0.2) is 11.4 Å². The van der Waals surface area contributed by atoms with E-state index in [4.69, 9.17) is 0 Å². The van der Waals surface area contributed by atoms with Crippen molar-refractivity contribution in [3.05, 3.63) is 22.6 Å². The summed E-state index contributed by atoms with van der Waals surface area (Å²) >= 11 is 0.860. The van der Waals surface area contributed by atoms with E-state index in [1.165, 1.54) is 12.4 Å². The molecular formula is C21H26F4N4O2S. The summed E-state index contributed by atoms with van der Waals surface area (Å²) in [5, 5.41) is 14.4. The van der Waals surface area contributed by atoms with Crippen LogP contribution in [0.4, 0.5) is 23.4 Å². The van der Waals surface area contributed by atoms with Crippen LogP contribution in [0, 0.1) is 5.92 Å². The summed E-state index contributed by atoms with van der Waals surface area (Å²) < 4.78 is 54.5. The van der Waals surface area contributed by atoms with Crippen molar-refractivity contribution in [2.24, 2.45) is 5.92 Å². The highest BCUT2D eigenvalue weighted by atomic mass is 32.1. The Kier molecular flexibility index (Phi) is 6.60. The number of rotatable bonds is 5. The number of anilines is 1. The SMILES string of the molecule is CNC(=O)c1csc2c(C(F)(F)F)cc(N3CCC(C(O)CN4CCC(F)C4)CC3)nc12. The molecule has 0 radical (unpaired) electrons. The number of thiophene rings is 1. The second-order valence-electron chi connectivity index (χ2n) is 8.47. The Bertz CT molecular complexity index is 975. The van der Waals surface area contributed by atoms with Crippen LogP contribution in [0.1, 0.15) is 35.2 Å². The van der Waals surface area contributed by atoms with E-state index in [0.717, 1.165) is 17.4 Å². The minimum absolute atomic E-state index is 0.00157. The normalized spacial score (nSPS) is 21.9. The van der Waals surface area contributed by atoms with Gasteiger partial charge in [0.05, 0.1) is 27.4 Å². The van der Waals surface area contributed by atoms with Gasteiger partial charge >= 0.3 is 6.18 Å². The summed E-state index contributed by atoms with van der Waals surface area (Å²) in [6, 6.07) is 1.05. The number of halogens is 4. The number of fused-ring (bicyclic) bond motifs is 1. The van der Waals surface area contributed by atoms with Gasteiger partial charge in [-0.15, -0.1) is 11.3 Å². The van der Waals surface area contributed by atoms with Crippen molar-refractivity contribution in [3.8, 4) is 0 Å². The molecule has 2 aromatic rings. The van der Waals surface area contributed by atoms with Crippen molar-refractivity contribution in [3.63, 3.8) is 0 Å². The zero-order valence-corrected chi connectivity index (χ0v) is 18.5. The fourth-order valence-electron chi connectivity index (χ4n) is 4.54. The van der Waals surface area contributed by atoms with Gasteiger partial charge in [0, 0.05) is 45.2 Å². The number of aromatic nitrogens is 1. The van der Waals surface area contributed by atoms with Crippen molar-refractivity contribution in [2.45, 2.75) is 37.7 Å². The Morgan fingerprint density at radius 1 is 1.31 bits per heavy atom. The first kappa shape index (κ1) is 23.2. The first-order valence-corrected chi connectivity index (χ1v) is 11.6. The van der Waals surface area contributed by atoms with Crippen molar-refractivity contribution >= 4 is 33.3 Å². The lowest BCUT2D eigenvalue weighted by Crippen LogP contribution is -2.42. The van der Waals surface area contributed by atoms with E-state index in [0.29, 0.717) is 52.0 Å². The maximum atomic E-state index is 13.7. The standard InChI is InChI=1S/C21H26F4N4O2S/c1-26-20(31)14-11-32-19-15(21(23,24)25)8-17(27-18(14)19)29-6-2-12(3-7-29)16(30)10-28-5-4-13(22)9-28/h8,11-13,16,30H,2-7,9-10H2,1H3,(H,26,31). The van der Waals surface area contributed by atoms with Gasteiger partial charge in [0.15, 0.2) is 0 Å². The van der Waals surface area contributed by atoms with E-state index < -0.39 is 29.9 Å². The molecule has 2 aromatic heterocycles. The minimum Gasteiger partial charge on any atom is -0.392 e. The summed E-state index contributed by atoms with van der Waals surface area (Å²) in [4.78, 5) is 20.2. The van der Waals surface area contributed by atoms with Gasteiger partial charge in [0.2, 0.25) is 0 Å². The molecule has 176 valence electrons. The summed E-state index contributed by atoms with van der Waals surface area (Å²) in [6.45, 7) is 2.28. The molecule has 2 atom stereocenters. The van der Waals surface area contributed by atoms with Crippen molar-refractivity contribution in [1.82, 2.24) is 15.2 Å². The molecule has 4 rings (SSSR count). The fraction of sp³-hybridized carbons (Fsp3) is 0.619. The maximum absolute atomic E-state index is 13.7. The predicted molar refractivity (Wildman–Crippen MR) is 115 cm³/mol. The van der Waals surface area contributed by atoms with E-state index >= 15 is 0 Å². The highest BCUT2D eigenvalue weighted by molar-refractivity contribution is 7.17. The molecular weight excluding hydrogens is 448 g/mol. The summed E-state index contributed by atoms with van der Waals surface area (Å²) in [7, 11) is 1.42. The second-order valence-corrected chi connectivity index (χ2v) is 9.35. The molecule has 2 aliphatic heterocycles. The average Bonchev–Trinajstić information content (AvgIpc) is 3.37. The van der Waals surface area contributed by atoms with Crippen LogP contribution in [0.2, 0.25) is 0 Å². The molecule has 0 bridgehead atoms. The summed E-state index contributed by atoms with van der Waals surface area (Å²) in [5.74, 6) is -0.298. The smallest absolute Gasteiger partial charge is 0.392 e. The zero-order chi connectivity index (χ0) is 23.0. The number of hydrogen-bond donors (Lipinski definition) is 2. The number of alkyl halides is 4. The van der Waals surface area contributed by atoms with Gasteiger partial charge in [-0.05, 0) is 31.2 Å². The van der Waals surface area contributed by atoms with E-state index in [-0.39, 0.29) is 27.5 Å². The number of carbonyl (C=O) groups excluding carboxylic acids is 1. The lowest BCUT2D eigenvalue weighted by Gasteiger charge is -2.36. The molecule has 0 spiro atoms. The molecule has 2 saturated heterocycles. The molecule has 2 N–H and O–H groups in total. The monoisotopic (exact) mass is 474 g/mol. The van der Waals surface area contributed by atoms with Crippen molar-refractivity contribution in [1.29, 1.82) is 0 Å². The number of likely N-dealkylation sites (tertiary alicyclic amines) is 1. The summed E-state index contributed by atoms with van der Waals surface area (Å²) in [5.41, 5.74) is -0.618. The van der Waals surface area contributed by atoms with Gasteiger partial charge in [-0.2, -0.15) is 13.2 Å². The Hall–Kier alpha value is -1.98. The largest absolute Gasteiger partial charge is 0.417 e. The van der Waals surface area contributed by atoms with Gasteiger partial charge < -0.3 is 15.3 Å². The number of nitrogens with zero attached hydrogens (tertiary/aromatic N) is 3. The highest BCUT2D eigenvalue weighted by Crippen LogP contribution is 2.40. The fourth-order valence-corrected chi connectivity index (χ4v) is 5.56. The number of amides is 1. The summed E-state index contributed by atoms with van der Waals surface area (Å²) in [6.07, 6.45) is -4.33. The van der Waals surface area contributed by atoms with E-state index in [9.17, 15) is 27.5 Å². The number of nitrogens with one attached hydrogen (secondary N) is 1. The van der Waals surface area contributed by atoms with E-state index in [2.05, 4.69) is 10.3 Å². The highest BCUT2D eigenvalue weighted by Gasteiger charge is 2.36. The van der Waals surface area contributed by atoms with Crippen LogP contribution in [-0.4, -0.2) is 72.9 Å². The van der Waals surface area contributed by atoms with Crippen molar-refractivity contribution < 1.29 is 27.5 Å². The number of hydrogen-bond acceptors (Lipinski definition) is 6. The number of carbonyl (C=O) groups is 1.